The SMILES string of the molecule is O[C@@H](CNCCc1ccccc1Br)c1cccc(Cl)c1. The highest BCUT2D eigenvalue weighted by molar-refractivity contribution is 9.10. The Labute approximate surface area is 132 Å². The highest BCUT2D eigenvalue weighted by Crippen LogP contribution is 2.18. The fourth-order valence-corrected chi connectivity index (χ4v) is 2.68. The first-order valence-corrected chi connectivity index (χ1v) is 7.71. The van der Waals surface area contributed by atoms with Gasteiger partial charge < -0.3 is 10.4 Å². The maximum atomic E-state index is 10.1. The molecule has 20 heavy (non-hydrogen) atoms. The van der Waals surface area contributed by atoms with Crippen LogP contribution < -0.4 is 5.32 Å². The normalized spacial score (nSPS) is 12.3. The number of hydrogen-bond acceptors (Lipinski definition) is 2. The van der Waals surface area contributed by atoms with E-state index in [2.05, 4.69) is 27.3 Å². The Bertz CT molecular complexity index is 562. The number of aliphatic hydroxyl groups is 1. The quantitative estimate of drug-likeness (QED) is 0.769. The zero-order chi connectivity index (χ0) is 14.4. The molecule has 0 aliphatic rings. The molecule has 0 saturated heterocycles. The molecule has 2 rings (SSSR count). The van der Waals surface area contributed by atoms with E-state index in [0.717, 1.165) is 23.0 Å². The maximum Gasteiger partial charge on any atom is 0.0914 e. The molecular formula is C16H17BrClNO. The number of hydrogen-bond donors (Lipinski definition) is 2. The first kappa shape index (κ1) is 15.5. The number of nitrogens with one attached hydrogen (secondary N) is 1. The van der Waals surface area contributed by atoms with E-state index >= 15 is 0 Å². The van der Waals surface area contributed by atoms with Gasteiger partial charge >= 0.3 is 0 Å². The highest BCUT2D eigenvalue weighted by atomic mass is 79.9. The van der Waals surface area contributed by atoms with Gasteiger partial charge in [0.25, 0.3) is 0 Å². The third-order valence-corrected chi connectivity index (χ3v) is 4.11. The fourth-order valence-electron chi connectivity index (χ4n) is 1.99. The van der Waals surface area contributed by atoms with Gasteiger partial charge in [0.05, 0.1) is 6.10 Å². The molecular weight excluding hydrogens is 338 g/mol. The lowest BCUT2D eigenvalue weighted by atomic mass is 10.1. The van der Waals surface area contributed by atoms with Gasteiger partial charge in [-0.25, -0.2) is 0 Å². The molecule has 2 N–H and O–H groups in total. The van der Waals surface area contributed by atoms with Crippen molar-refractivity contribution in [2.45, 2.75) is 12.5 Å². The average molecular weight is 355 g/mol. The van der Waals surface area contributed by atoms with Crippen molar-refractivity contribution in [2.24, 2.45) is 0 Å². The minimum Gasteiger partial charge on any atom is -0.387 e. The number of halogens is 2. The molecule has 0 radical (unpaired) electrons. The summed E-state index contributed by atoms with van der Waals surface area (Å²) in [5.74, 6) is 0. The molecule has 0 amide bonds. The zero-order valence-corrected chi connectivity index (χ0v) is 13.4. The van der Waals surface area contributed by atoms with Crippen LogP contribution in [0.15, 0.2) is 53.0 Å². The second-order valence-corrected chi connectivity index (χ2v) is 5.91. The Kier molecular flexibility index (Phi) is 6.05. The van der Waals surface area contributed by atoms with E-state index in [4.69, 9.17) is 11.6 Å². The standard InChI is InChI=1S/C16H17BrClNO/c17-15-7-2-1-4-12(15)8-9-19-11-16(20)13-5-3-6-14(18)10-13/h1-7,10,16,19-20H,8-9,11H2/t16-/m0/s1. The summed E-state index contributed by atoms with van der Waals surface area (Å²) in [7, 11) is 0. The fraction of sp³-hybridized carbons (Fsp3) is 0.250. The van der Waals surface area contributed by atoms with Crippen molar-refractivity contribution >= 4 is 27.5 Å². The Morgan fingerprint density at radius 1 is 1.15 bits per heavy atom. The molecule has 1 atom stereocenters. The predicted octanol–water partition coefficient (Wildman–Crippen LogP) is 3.97. The van der Waals surface area contributed by atoms with Gasteiger partial charge in [-0.1, -0.05) is 57.9 Å². The van der Waals surface area contributed by atoms with Crippen molar-refractivity contribution < 1.29 is 5.11 Å². The summed E-state index contributed by atoms with van der Waals surface area (Å²) in [5.41, 5.74) is 2.10. The van der Waals surface area contributed by atoms with Crippen LogP contribution in [0.3, 0.4) is 0 Å². The van der Waals surface area contributed by atoms with Crippen LogP contribution in [0.5, 0.6) is 0 Å². The van der Waals surface area contributed by atoms with E-state index in [1.807, 2.05) is 30.3 Å². The second kappa shape index (κ2) is 7.79. The van der Waals surface area contributed by atoms with Gasteiger partial charge in [-0.3, -0.25) is 0 Å². The van der Waals surface area contributed by atoms with Crippen LogP contribution in [-0.2, 0) is 6.42 Å². The number of rotatable bonds is 6. The van der Waals surface area contributed by atoms with E-state index in [-0.39, 0.29) is 0 Å². The first-order chi connectivity index (χ1) is 9.66. The van der Waals surface area contributed by atoms with Crippen molar-refractivity contribution in [3.8, 4) is 0 Å². The zero-order valence-electron chi connectivity index (χ0n) is 11.0. The van der Waals surface area contributed by atoms with Gasteiger partial charge in [0.15, 0.2) is 0 Å². The van der Waals surface area contributed by atoms with Crippen molar-refractivity contribution in [2.75, 3.05) is 13.1 Å². The second-order valence-electron chi connectivity index (χ2n) is 4.62. The minimum absolute atomic E-state index is 0.519. The lowest BCUT2D eigenvalue weighted by Crippen LogP contribution is -2.23. The summed E-state index contributed by atoms with van der Waals surface area (Å²) in [6.45, 7) is 1.34. The molecule has 0 aromatic heterocycles. The first-order valence-electron chi connectivity index (χ1n) is 6.54. The topological polar surface area (TPSA) is 32.3 Å². The number of aliphatic hydroxyl groups excluding tert-OH is 1. The van der Waals surface area contributed by atoms with Crippen LogP contribution in [0.1, 0.15) is 17.2 Å². The lowest BCUT2D eigenvalue weighted by molar-refractivity contribution is 0.175. The monoisotopic (exact) mass is 353 g/mol. The largest absolute Gasteiger partial charge is 0.387 e. The summed E-state index contributed by atoms with van der Waals surface area (Å²) in [6, 6.07) is 15.5. The van der Waals surface area contributed by atoms with E-state index in [1.54, 1.807) is 12.1 Å². The summed E-state index contributed by atoms with van der Waals surface area (Å²) in [5, 5.41) is 14.0. The van der Waals surface area contributed by atoms with Gasteiger partial charge in [0, 0.05) is 16.0 Å². The smallest absolute Gasteiger partial charge is 0.0914 e. The lowest BCUT2D eigenvalue weighted by Gasteiger charge is -2.13. The molecule has 0 aliphatic carbocycles. The van der Waals surface area contributed by atoms with Crippen LogP contribution in [0.25, 0.3) is 0 Å². The molecule has 0 saturated carbocycles. The third-order valence-electron chi connectivity index (χ3n) is 3.10. The Balaban J connectivity index is 1.77. The van der Waals surface area contributed by atoms with Crippen LogP contribution in [0, 0.1) is 0 Å². The van der Waals surface area contributed by atoms with E-state index in [1.165, 1.54) is 5.56 Å². The van der Waals surface area contributed by atoms with Crippen LogP contribution in [0.2, 0.25) is 5.02 Å². The van der Waals surface area contributed by atoms with Crippen molar-refractivity contribution in [3.63, 3.8) is 0 Å². The highest BCUT2D eigenvalue weighted by Gasteiger charge is 2.07. The summed E-state index contributed by atoms with van der Waals surface area (Å²) >= 11 is 9.44. The molecule has 2 aromatic rings. The van der Waals surface area contributed by atoms with E-state index < -0.39 is 6.10 Å². The van der Waals surface area contributed by atoms with Crippen molar-refractivity contribution in [1.82, 2.24) is 5.32 Å². The molecule has 4 heteroatoms. The van der Waals surface area contributed by atoms with Crippen LogP contribution in [0.4, 0.5) is 0 Å². The van der Waals surface area contributed by atoms with Crippen LogP contribution >= 0.6 is 27.5 Å². The third kappa shape index (κ3) is 4.60. The number of benzene rings is 2. The van der Waals surface area contributed by atoms with Gasteiger partial charge in [-0.15, -0.1) is 0 Å². The molecule has 0 bridgehead atoms. The Morgan fingerprint density at radius 2 is 1.95 bits per heavy atom. The maximum absolute atomic E-state index is 10.1. The Morgan fingerprint density at radius 3 is 2.70 bits per heavy atom. The molecule has 106 valence electrons. The molecule has 0 aliphatic heterocycles. The average Bonchev–Trinajstić information content (AvgIpc) is 2.45. The molecule has 0 heterocycles. The van der Waals surface area contributed by atoms with E-state index in [0.29, 0.717) is 11.6 Å². The van der Waals surface area contributed by atoms with Gasteiger partial charge in [-0.2, -0.15) is 0 Å². The van der Waals surface area contributed by atoms with Gasteiger partial charge in [0.2, 0.25) is 0 Å². The molecule has 2 aromatic carbocycles. The van der Waals surface area contributed by atoms with Gasteiger partial charge in [-0.05, 0) is 42.3 Å². The van der Waals surface area contributed by atoms with Crippen LogP contribution in [-0.4, -0.2) is 18.2 Å². The predicted molar refractivity (Wildman–Crippen MR) is 87.1 cm³/mol. The van der Waals surface area contributed by atoms with E-state index in [9.17, 15) is 5.11 Å². The van der Waals surface area contributed by atoms with Gasteiger partial charge in [0.1, 0.15) is 0 Å². The Hall–Kier alpha value is -0.870. The summed E-state index contributed by atoms with van der Waals surface area (Å²) in [6.07, 6.45) is 0.386. The molecule has 0 spiro atoms. The minimum atomic E-state index is -0.534. The molecule has 0 unspecified atom stereocenters. The summed E-state index contributed by atoms with van der Waals surface area (Å²) < 4.78 is 1.12. The molecule has 0 fully saturated rings. The van der Waals surface area contributed by atoms with Crippen molar-refractivity contribution in [1.29, 1.82) is 0 Å². The summed E-state index contributed by atoms with van der Waals surface area (Å²) in [4.78, 5) is 0. The molecule has 2 nitrogen and oxygen atoms in total. The van der Waals surface area contributed by atoms with Crippen molar-refractivity contribution in [3.05, 3.63) is 69.2 Å².